The molecule has 2 fully saturated rings. The molecule has 26 heavy (non-hydrogen) atoms. The molecular formula is C19H37N3O3S. The van der Waals surface area contributed by atoms with Crippen molar-refractivity contribution in [3.05, 3.63) is 0 Å². The second-order valence-electron chi connectivity index (χ2n) is 8.17. The van der Waals surface area contributed by atoms with Crippen molar-refractivity contribution in [2.24, 2.45) is 11.8 Å². The van der Waals surface area contributed by atoms with Gasteiger partial charge in [0.2, 0.25) is 15.9 Å². The molecule has 0 spiro atoms. The predicted octanol–water partition coefficient (Wildman–Crippen LogP) is 2.02. The molecule has 2 aliphatic rings. The summed E-state index contributed by atoms with van der Waals surface area (Å²) < 4.78 is 26.2. The summed E-state index contributed by atoms with van der Waals surface area (Å²) in [5, 5.41) is 0. The number of hydrogen-bond donors (Lipinski definition) is 0. The third kappa shape index (κ3) is 5.42. The van der Waals surface area contributed by atoms with Gasteiger partial charge in [0, 0.05) is 32.1 Å². The Balaban J connectivity index is 1.85. The van der Waals surface area contributed by atoms with Gasteiger partial charge < -0.3 is 9.80 Å². The smallest absolute Gasteiger partial charge is 0.225 e. The summed E-state index contributed by atoms with van der Waals surface area (Å²) in [6, 6.07) is 0.252. The standard InChI is InChI=1S/C19H37N3O3S/c1-5-6-15-26(24,25)22-13-9-18(10-14-22)19(23)21(4)16(2)17-7-11-20(3)12-8-17/h16-18H,5-15H2,1-4H3/t16-/m1/s1. The highest BCUT2D eigenvalue weighted by Crippen LogP contribution is 2.27. The second-order valence-corrected chi connectivity index (χ2v) is 10.3. The molecule has 0 aromatic heterocycles. The van der Waals surface area contributed by atoms with E-state index < -0.39 is 10.0 Å². The first-order valence-electron chi connectivity index (χ1n) is 10.2. The minimum absolute atomic E-state index is 0.0358. The van der Waals surface area contributed by atoms with Crippen LogP contribution in [0.4, 0.5) is 0 Å². The number of likely N-dealkylation sites (tertiary alicyclic amines) is 1. The number of unbranched alkanes of at least 4 members (excludes halogenated alkanes) is 1. The lowest BCUT2D eigenvalue weighted by molar-refractivity contribution is -0.138. The fourth-order valence-electron chi connectivity index (χ4n) is 4.15. The van der Waals surface area contributed by atoms with Crippen LogP contribution < -0.4 is 0 Å². The lowest BCUT2D eigenvalue weighted by atomic mass is 9.88. The first-order chi connectivity index (χ1) is 12.3. The molecule has 0 aromatic rings. The van der Waals surface area contributed by atoms with Crippen molar-refractivity contribution >= 4 is 15.9 Å². The first-order valence-corrected chi connectivity index (χ1v) is 11.8. The van der Waals surface area contributed by atoms with Gasteiger partial charge in [0.15, 0.2) is 0 Å². The second kappa shape index (κ2) is 9.51. The third-order valence-corrected chi connectivity index (χ3v) is 8.31. The summed E-state index contributed by atoms with van der Waals surface area (Å²) >= 11 is 0. The van der Waals surface area contributed by atoms with Crippen molar-refractivity contribution < 1.29 is 13.2 Å². The summed E-state index contributed by atoms with van der Waals surface area (Å²) in [5.41, 5.74) is 0. The highest BCUT2D eigenvalue weighted by atomic mass is 32.2. The Bertz CT molecular complexity index is 550. The molecule has 7 heteroatoms. The lowest BCUT2D eigenvalue weighted by Crippen LogP contribution is -2.48. The van der Waals surface area contributed by atoms with Gasteiger partial charge in [-0.3, -0.25) is 4.79 Å². The van der Waals surface area contributed by atoms with Gasteiger partial charge in [-0.25, -0.2) is 12.7 Å². The Morgan fingerprint density at radius 2 is 1.69 bits per heavy atom. The van der Waals surface area contributed by atoms with Gasteiger partial charge in [0.1, 0.15) is 0 Å². The molecular weight excluding hydrogens is 350 g/mol. The summed E-state index contributed by atoms with van der Waals surface area (Å²) in [6.45, 7) is 7.34. The SMILES string of the molecule is CCCCS(=O)(=O)N1CCC(C(=O)N(C)[C@H](C)C2CCN(C)CC2)CC1. The Morgan fingerprint density at radius 3 is 2.23 bits per heavy atom. The largest absolute Gasteiger partial charge is 0.343 e. The molecule has 1 amide bonds. The van der Waals surface area contributed by atoms with Crippen LogP contribution in [0.25, 0.3) is 0 Å². The Morgan fingerprint density at radius 1 is 1.12 bits per heavy atom. The maximum absolute atomic E-state index is 12.9. The van der Waals surface area contributed by atoms with Crippen LogP contribution in [0.2, 0.25) is 0 Å². The van der Waals surface area contributed by atoms with E-state index in [2.05, 4.69) is 18.9 Å². The number of piperidine rings is 2. The van der Waals surface area contributed by atoms with Crippen LogP contribution in [0.5, 0.6) is 0 Å². The Kier molecular flexibility index (Phi) is 7.91. The van der Waals surface area contributed by atoms with Gasteiger partial charge in [0.25, 0.3) is 0 Å². The van der Waals surface area contributed by atoms with Crippen molar-refractivity contribution in [2.45, 2.75) is 58.4 Å². The zero-order chi connectivity index (χ0) is 19.3. The predicted molar refractivity (Wildman–Crippen MR) is 105 cm³/mol. The maximum atomic E-state index is 12.9. The maximum Gasteiger partial charge on any atom is 0.225 e. The van der Waals surface area contributed by atoms with Gasteiger partial charge in [-0.2, -0.15) is 0 Å². The molecule has 2 heterocycles. The summed E-state index contributed by atoms with van der Waals surface area (Å²) in [7, 11) is 0.927. The van der Waals surface area contributed by atoms with E-state index in [0.717, 1.165) is 32.4 Å². The molecule has 0 bridgehead atoms. The fourth-order valence-corrected chi connectivity index (χ4v) is 5.83. The number of amides is 1. The van der Waals surface area contributed by atoms with Crippen LogP contribution in [0, 0.1) is 11.8 Å². The van der Waals surface area contributed by atoms with E-state index in [9.17, 15) is 13.2 Å². The van der Waals surface area contributed by atoms with Crippen LogP contribution in [0.3, 0.4) is 0 Å². The minimum Gasteiger partial charge on any atom is -0.343 e. The number of sulfonamides is 1. The van der Waals surface area contributed by atoms with Gasteiger partial charge in [-0.05, 0) is 65.1 Å². The third-order valence-electron chi connectivity index (χ3n) is 6.36. The van der Waals surface area contributed by atoms with E-state index in [1.807, 2.05) is 18.9 Å². The van der Waals surface area contributed by atoms with Gasteiger partial charge >= 0.3 is 0 Å². The van der Waals surface area contributed by atoms with Crippen LogP contribution in [-0.2, 0) is 14.8 Å². The molecule has 0 unspecified atom stereocenters. The summed E-state index contributed by atoms with van der Waals surface area (Å²) in [6.07, 6.45) is 5.17. The summed E-state index contributed by atoms with van der Waals surface area (Å²) in [5.74, 6) is 0.956. The van der Waals surface area contributed by atoms with E-state index in [1.54, 1.807) is 4.31 Å². The number of carbonyl (C=O) groups excluding carboxylic acids is 1. The first kappa shape index (κ1) is 21.6. The van der Waals surface area contributed by atoms with Crippen LogP contribution >= 0.6 is 0 Å². The molecule has 0 saturated carbocycles. The fraction of sp³-hybridized carbons (Fsp3) is 0.947. The van der Waals surface area contributed by atoms with Crippen molar-refractivity contribution in [2.75, 3.05) is 46.0 Å². The van der Waals surface area contributed by atoms with E-state index in [1.165, 1.54) is 0 Å². The Labute approximate surface area is 159 Å². The van der Waals surface area contributed by atoms with Gasteiger partial charge in [-0.1, -0.05) is 13.3 Å². The monoisotopic (exact) mass is 387 g/mol. The van der Waals surface area contributed by atoms with E-state index in [0.29, 0.717) is 38.3 Å². The number of rotatable bonds is 7. The molecule has 0 N–H and O–H groups in total. The number of nitrogens with zero attached hydrogens (tertiary/aromatic N) is 3. The quantitative estimate of drug-likeness (QED) is 0.670. The molecule has 0 aliphatic carbocycles. The topological polar surface area (TPSA) is 60.9 Å². The van der Waals surface area contributed by atoms with E-state index in [-0.39, 0.29) is 23.6 Å². The minimum atomic E-state index is -3.15. The average Bonchev–Trinajstić information content (AvgIpc) is 2.65. The average molecular weight is 388 g/mol. The van der Waals surface area contributed by atoms with Crippen LogP contribution in [-0.4, -0.2) is 80.5 Å². The highest BCUT2D eigenvalue weighted by Gasteiger charge is 2.34. The van der Waals surface area contributed by atoms with Crippen molar-refractivity contribution in [3.63, 3.8) is 0 Å². The Hall–Kier alpha value is -0.660. The van der Waals surface area contributed by atoms with E-state index >= 15 is 0 Å². The van der Waals surface area contributed by atoms with Gasteiger partial charge in [0.05, 0.1) is 5.75 Å². The van der Waals surface area contributed by atoms with Crippen LogP contribution in [0.1, 0.15) is 52.4 Å². The molecule has 2 rings (SSSR count). The molecule has 6 nitrogen and oxygen atoms in total. The summed E-state index contributed by atoms with van der Waals surface area (Å²) in [4.78, 5) is 17.2. The van der Waals surface area contributed by atoms with Crippen LogP contribution in [0.15, 0.2) is 0 Å². The molecule has 2 aliphatic heterocycles. The highest BCUT2D eigenvalue weighted by molar-refractivity contribution is 7.89. The van der Waals surface area contributed by atoms with Crippen molar-refractivity contribution in [1.82, 2.24) is 14.1 Å². The normalized spacial score (nSPS) is 23.1. The number of hydrogen-bond acceptors (Lipinski definition) is 4. The zero-order valence-corrected chi connectivity index (χ0v) is 17.8. The number of carbonyl (C=O) groups is 1. The molecule has 2 saturated heterocycles. The molecule has 0 aromatic carbocycles. The molecule has 152 valence electrons. The molecule has 1 atom stereocenters. The molecule has 0 radical (unpaired) electrons. The van der Waals surface area contributed by atoms with Crippen molar-refractivity contribution in [1.29, 1.82) is 0 Å². The van der Waals surface area contributed by atoms with Crippen molar-refractivity contribution in [3.8, 4) is 0 Å². The lowest BCUT2D eigenvalue weighted by Gasteiger charge is -2.39. The zero-order valence-electron chi connectivity index (χ0n) is 17.0. The van der Waals surface area contributed by atoms with Gasteiger partial charge in [-0.15, -0.1) is 0 Å². The van der Waals surface area contributed by atoms with E-state index in [4.69, 9.17) is 0 Å².